The van der Waals surface area contributed by atoms with E-state index in [1.807, 2.05) is 0 Å². The summed E-state index contributed by atoms with van der Waals surface area (Å²) in [5.41, 5.74) is 1.33. The van der Waals surface area contributed by atoms with Gasteiger partial charge in [0.25, 0.3) is 0 Å². The van der Waals surface area contributed by atoms with Crippen LogP contribution in [-0.4, -0.2) is 44.2 Å². The van der Waals surface area contributed by atoms with Crippen LogP contribution in [0.15, 0.2) is 83.9 Å². The number of hydrogen-bond acceptors (Lipinski definition) is 8. The zero-order valence-corrected chi connectivity index (χ0v) is 23.3. The van der Waals surface area contributed by atoms with E-state index in [1.54, 1.807) is 61.7 Å². The number of nitrogens with one attached hydrogen (secondary N) is 5. The average molecular weight is 600 g/mol. The predicted octanol–water partition coefficient (Wildman–Crippen LogP) is 6.38. The Balaban J connectivity index is 1.52. The van der Waals surface area contributed by atoms with Crippen molar-refractivity contribution < 1.29 is 27.3 Å². The molecule has 4 rings (SSSR count). The van der Waals surface area contributed by atoms with Gasteiger partial charge in [0.2, 0.25) is 5.95 Å². The number of alkyl halides is 3. The van der Waals surface area contributed by atoms with Crippen LogP contribution in [0, 0.1) is 4.78 Å². The van der Waals surface area contributed by atoms with Crippen molar-refractivity contribution in [1.82, 2.24) is 9.97 Å². The normalized spacial score (nSPS) is 13.5. The minimum atomic E-state index is -4.53. The molecule has 0 bridgehead atoms. The summed E-state index contributed by atoms with van der Waals surface area (Å²) in [5.74, 6) is 0.633. The summed E-state index contributed by atoms with van der Waals surface area (Å²) in [5, 5.41) is 20.7. The number of anilines is 5. The van der Waals surface area contributed by atoms with Gasteiger partial charge in [-0.1, -0.05) is 24.3 Å². The molecule has 14 heteroatoms. The smallest absolute Gasteiger partial charge is 0.394 e. The van der Waals surface area contributed by atoms with Crippen molar-refractivity contribution in [3.63, 3.8) is 0 Å². The van der Waals surface area contributed by atoms with Crippen LogP contribution in [0.4, 0.5) is 46.8 Å². The van der Waals surface area contributed by atoms with Crippen LogP contribution >= 0.6 is 0 Å². The van der Waals surface area contributed by atoms with E-state index < -0.39 is 27.5 Å². The van der Waals surface area contributed by atoms with E-state index in [9.17, 15) is 27.3 Å². The summed E-state index contributed by atoms with van der Waals surface area (Å²) in [7, 11) is -2.91. The van der Waals surface area contributed by atoms with Gasteiger partial charge < -0.3 is 26.4 Å². The molecule has 1 aromatic heterocycles. The second-order valence-corrected chi connectivity index (χ2v) is 11.6. The number of halogens is 3. The van der Waals surface area contributed by atoms with Crippen LogP contribution < -0.4 is 21.3 Å². The highest BCUT2D eigenvalue weighted by Gasteiger charge is 2.30. The molecule has 0 saturated heterocycles. The fourth-order valence-electron chi connectivity index (χ4n) is 3.79. The third kappa shape index (κ3) is 7.95. The van der Waals surface area contributed by atoms with Gasteiger partial charge in [-0.15, -0.1) is 0 Å². The first kappa shape index (κ1) is 30.3. The predicted molar refractivity (Wildman–Crippen MR) is 157 cm³/mol. The SMILES string of the molecule is CC(CO)Nc1nc(Nc2cccc(S(C)(=N)=O)c2)ncc1-c1ccc(NC(=O)Nc2cccc(C(F)(F)F)c2)cc1. The highest BCUT2D eigenvalue weighted by Crippen LogP contribution is 2.31. The Morgan fingerprint density at radius 2 is 1.67 bits per heavy atom. The molecule has 3 aromatic carbocycles. The summed E-state index contributed by atoms with van der Waals surface area (Å²) in [6.07, 6.45) is -1.63. The average Bonchev–Trinajstić information content (AvgIpc) is 2.93. The number of carbonyl (C=O) groups is 1. The van der Waals surface area contributed by atoms with E-state index in [4.69, 9.17) is 4.78 Å². The summed E-state index contributed by atoms with van der Waals surface area (Å²) in [6.45, 7) is 1.61. The maximum atomic E-state index is 12.9. The van der Waals surface area contributed by atoms with E-state index in [-0.39, 0.29) is 24.3 Å². The lowest BCUT2D eigenvalue weighted by atomic mass is 10.1. The molecule has 2 atom stereocenters. The Labute approximate surface area is 240 Å². The topological polar surface area (TPSA) is 152 Å². The number of nitrogens with zero attached hydrogens (tertiary/aromatic N) is 2. The van der Waals surface area contributed by atoms with Gasteiger partial charge in [-0.25, -0.2) is 18.8 Å². The van der Waals surface area contributed by atoms with Crippen LogP contribution in [0.1, 0.15) is 12.5 Å². The van der Waals surface area contributed by atoms with Gasteiger partial charge in [0.15, 0.2) is 0 Å². The fourth-order valence-corrected chi connectivity index (χ4v) is 4.48. The number of aliphatic hydroxyl groups is 1. The number of hydrogen-bond donors (Lipinski definition) is 6. The molecule has 0 radical (unpaired) electrons. The second-order valence-electron chi connectivity index (χ2n) is 9.42. The van der Waals surface area contributed by atoms with Gasteiger partial charge in [-0.3, -0.25) is 0 Å². The van der Waals surface area contributed by atoms with Gasteiger partial charge in [-0.05, 0) is 61.0 Å². The van der Waals surface area contributed by atoms with E-state index in [2.05, 4.69) is 31.2 Å². The van der Waals surface area contributed by atoms with Crippen molar-refractivity contribution in [3.8, 4) is 11.1 Å². The molecular weight excluding hydrogens is 571 g/mol. The summed E-state index contributed by atoms with van der Waals surface area (Å²) >= 11 is 0. The van der Waals surface area contributed by atoms with Gasteiger partial charge in [0, 0.05) is 46.0 Å². The fraction of sp³-hybridized carbons (Fsp3) is 0.179. The lowest BCUT2D eigenvalue weighted by molar-refractivity contribution is -0.137. The number of urea groups is 1. The third-order valence-corrected chi connectivity index (χ3v) is 7.04. The molecule has 4 aromatic rings. The Morgan fingerprint density at radius 1 is 1.00 bits per heavy atom. The maximum absolute atomic E-state index is 12.9. The second kappa shape index (κ2) is 12.4. The minimum Gasteiger partial charge on any atom is -0.394 e. The van der Waals surface area contributed by atoms with Crippen LogP contribution in [0.2, 0.25) is 0 Å². The number of benzene rings is 3. The molecular formula is C28H28F3N7O3S. The molecule has 0 aliphatic carbocycles. The molecule has 1 heterocycles. The maximum Gasteiger partial charge on any atom is 0.416 e. The number of carbonyl (C=O) groups excluding carboxylic acids is 1. The van der Waals surface area contributed by atoms with E-state index in [0.717, 1.165) is 12.1 Å². The molecule has 0 aliphatic rings. The van der Waals surface area contributed by atoms with Crippen LogP contribution in [-0.2, 0) is 15.9 Å². The molecule has 42 heavy (non-hydrogen) atoms. The third-order valence-electron chi connectivity index (χ3n) is 5.89. The summed E-state index contributed by atoms with van der Waals surface area (Å²) in [4.78, 5) is 21.7. The Hall–Kier alpha value is -4.69. The highest BCUT2D eigenvalue weighted by atomic mass is 32.2. The summed E-state index contributed by atoms with van der Waals surface area (Å²) in [6, 6.07) is 16.5. The molecule has 2 unspecified atom stereocenters. The van der Waals surface area contributed by atoms with Crippen molar-refractivity contribution >= 4 is 44.6 Å². The Bertz CT molecular complexity index is 1680. The summed E-state index contributed by atoms with van der Waals surface area (Å²) < 4.78 is 58.8. The van der Waals surface area contributed by atoms with Crippen molar-refractivity contribution in [2.45, 2.75) is 24.0 Å². The largest absolute Gasteiger partial charge is 0.416 e. The number of aromatic nitrogens is 2. The quantitative estimate of drug-likeness (QED) is 0.131. The zero-order valence-electron chi connectivity index (χ0n) is 22.5. The van der Waals surface area contributed by atoms with Crippen molar-refractivity contribution in [3.05, 3.63) is 84.6 Å². The van der Waals surface area contributed by atoms with E-state index in [1.165, 1.54) is 18.4 Å². The Kier molecular flexibility index (Phi) is 8.97. The van der Waals surface area contributed by atoms with Crippen molar-refractivity contribution in [1.29, 1.82) is 4.78 Å². The first-order valence-electron chi connectivity index (χ1n) is 12.5. The standard InChI is InChI=1S/C28H28F3N7O3S/c1-17(16-39)34-25-24(15-33-26(38-25)35-22-7-4-8-23(14-22)42(2,32)41)18-9-11-20(12-10-18)36-27(40)37-21-6-3-5-19(13-21)28(29,30)31/h3-15,17,32,39H,16H2,1-2H3,(H2,36,37,40)(H2,33,34,35,38). The van der Waals surface area contributed by atoms with Crippen LogP contribution in [0.25, 0.3) is 11.1 Å². The lowest BCUT2D eigenvalue weighted by Gasteiger charge is -2.17. The molecule has 0 saturated carbocycles. The first-order chi connectivity index (χ1) is 19.8. The van der Waals surface area contributed by atoms with E-state index >= 15 is 0 Å². The van der Waals surface area contributed by atoms with Gasteiger partial charge >= 0.3 is 12.2 Å². The monoisotopic (exact) mass is 599 g/mol. The highest BCUT2D eigenvalue weighted by molar-refractivity contribution is 7.91. The van der Waals surface area contributed by atoms with Gasteiger partial charge in [0.05, 0.1) is 21.9 Å². The van der Waals surface area contributed by atoms with Gasteiger partial charge in [0.1, 0.15) is 5.82 Å². The lowest BCUT2D eigenvalue weighted by Crippen LogP contribution is -2.21. The molecule has 10 nitrogen and oxygen atoms in total. The molecule has 6 N–H and O–H groups in total. The minimum absolute atomic E-state index is 0.00627. The number of rotatable bonds is 9. The molecule has 0 fully saturated rings. The van der Waals surface area contributed by atoms with Crippen LogP contribution in [0.3, 0.4) is 0 Å². The van der Waals surface area contributed by atoms with Gasteiger partial charge in [-0.2, -0.15) is 18.2 Å². The molecule has 0 aliphatic heterocycles. The van der Waals surface area contributed by atoms with Crippen molar-refractivity contribution in [2.24, 2.45) is 0 Å². The Morgan fingerprint density at radius 3 is 2.33 bits per heavy atom. The number of amides is 2. The molecule has 220 valence electrons. The zero-order chi connectivity index (χ0) is 30.5. The van der Waals surface area contributed by atoms with Crippen LogP contribution in [0.5, 0.6) is 0 Å². The molecule has 2 amide bonds. The number of aliphatic hydroxyl groups excluding tert-OH is 1. The first-order valence-corrected chi connectivity index (χ1v) is 14.5. The van der Waals surface area contributed by atoms with Crippen molar-refractivity contribution in [2.75, 3.05) is 34.1 Å². The molecule has 0 spiro atoms. The van der Waals surface area contributed by atoms with E-state index in [0.29, 0.717) is 33.2 Å².